The molecule has 0 amide bonds. The van der Waals surface area contributed by atoms with Crippen molar-refractivity contribution < 1.29 is 30.7 Å². The Morgan fingerprint density at radius 3 is 2.35 bits per heavy atom. The van der Waals surface area contributed by atoms with Crippen molar-refractivity contribution in [1.82, 2.24) is 9.62 Å². The zero-order valence-electron chi connectivity index (χ0n) is 14.1. The van der Waals surface area contributed by atoms with Crippen LogP contribution in [0, 0.1) is 5.82 Å². The Labute approximate surface area is 150 Å². The third-order valence-corrected chi connectivity index (χ3v) is 5.60. The van der Waals surface area contributed by atoms with Gasteiger partial charge in [-0.25, -0.2) is 17.5 Å². The van der Waals surface area contributed by atoms with Crippen LogP contribution >= 0.6 is 0 Å². The van der Waals surface area contributed by atoms with Gasteiger partial charge in [0.15, 0.2) is 0 Å². The topological polar surface area (TPSA) is 58.6 Å². The van der Waals surface area contributed by atoms with E-state index in [4.69, 9.17) is 0 Å². The van der Waals surface area contributed by atoms with E-state index in [1.54, 1.807) is 0 Å². The minimum Gasteiger partial charge on any atom is -0.372 e. The summed E-state index contributed by atoms with van der Waals surface area (Å²) in [6.45, 7) is 0.706. The third kappa shape index (κ3) is 7.18. The average Bonchev–Trinajstić information content (AvgIpc) is 2.55. The fourth-order valence-electron chi connectivity index (χ4n) is 2.75. The lowest BCUT2D eigenvalue weighted by molar-refractivity contribution is -0.174. The highest BCUT2D eigenvalue weighted by Crippen LogP contribution is 2.16. The fraction of sp³-hybridized carbons (Fsp3) is 0.625. The molecule has 2 rings (SSSR count). The molecule has 0 atom stereocenters. The molecule has 1 fully saturated rings. The number of alkyl halides is 3. The highest BCUT2D eigenvalue weighted by Gasteiger charge is 2.27. The standard InChI is InChI=1S/C16H22F4N2O3S/c17-13-2-4-15(5-3-13)26(23,24)21-14-6-9-22(10-7-14)8-1-11-25-12-16(18,19)20/h2-5,14,21H,1,6-12H2. The molecule has 0 unspecified atom stereocenters. The van der Waals surface area contributed by atoms with E-state index in [9.17, 15) is 26.0 Å². The van der Waals surface area contributed by atoms with E-state index in [1.807, 2.05) is 0 Å². The van der Waals surface area contributed by atoms with Gasteiger partial charge in [0, 0.05) is 19.2 Å². The zero-order valence-corrected chi connectivity index (χ0v) is 15.0. The first-order valence-electron chi connectivity index (χ1n) is 8.30. The predicted octanol–water partition coefficient (Wildman–Crippen LogP) is 2.54. The van der Waals surface area contributed by atoms with Crippen LogP contribution in [0.3, 0.4) is 0 Å². The Morgan fingerprint density at radius 1 is 1.15 bits per heavy atom. The van der Waals surface area contributed by atoms with Gasteiger partial charge < -0.3 is 9.64 Å². The normalized spacial score (nSPS) is 17.5. The quantitative estimate of drug-likeness (QED) is 0.540. The zero-order chi connectivity index (χ0) is 19.2. The highest BCUT2D eigenvalue weighted by molar-refractivity contribution is 7.89. The van der Waals surface area contributed by atoms with Gasteiger partial charge in [-0.15, -0.1) is 0 Å². The summed E-state index contributed by atoms with van der Waals surface area (Å²) in [5, 5.41) is 0. The number of likely N-dealkylation sites (tertiary alicyclic amines) is 1. The molecule has 0 radical (unpaired) electrons. The van der Waals surface area contributed by atoms with Crippen molar-refractivity contribution in [2.45, 2.75) is 36.4 Å². The Balaban J connectivity index is 1.69. The van der Waals surface area contributed by atoms with Crippen molar-refractivity contribution in [2.24, 2.45) is 0 Å². The van der Waals surface area contributed by atoms with Crippen LogP contribution in [0.25, 0.3) is 0 Å². The number of hydrogen-bond donors (Lipinski definition) is 1. The van der Waals surface area contributed by atoms with Crippen LogP contribution in [-0.2, 0) is 14.8 Å². The molecule has 1 N–H and O–H groups in total. The fourth-order valence-corrected chi connectivity index (χ4v) is 4.06. The van der Waals surface area contributed by atoms with Gasteiger partial charge in [0.1, 0.15) is 12.4 Å². The molecule has 1 aliphatic heterocycles. The average molecular weight is 398 g/mol. The van der Waals surface area contributed by atoms with Crippen LogP contribution in [-0.4, -0.2) is 58.4 Å². The van der Waals surface area contributed by atoms with Gasteiger partial charge >= 0.3 is 6.18 Å². The molecule has 1 heterocycles. The molecule has 0 saturated carbocycles. The molecular weight excluding hydrogens is 376 g/mol. The van der Waals surface area contributed by atoms with E-state index in [1.165, 1.54) is 12.1 Å². The van der Waals surface area contributed by atoms with E-state index < -0.39 is 28.6 Å². The number of nitrogens with zero attached hydrogens (tertiary/aromatic N) is 1. The number of nitrogens with one attached hydrogen (secondary N) is 1. The Bertz CT molecular complexity index is 657. The molecule has 26 heavy (non-hydrogen) atoms. The molecule has 1 saturated heterocycles. The van der Waals surface area contributed by atoms with Crippen molar-refractivity contribution in [2.75, 3.05) is 32.8 Å². The number of sulfonamides is 1. The molecule has 0 aromatic heterocycles. The molecule has 1 aliphatic rings. The lowest BCUT2D eigenvalue weighted by Gasteiger charge is -2.32. The van der Waals surface area contributed by atoms with Crippen LogP contribution in [0.1, 0.15) is 19.3 Å². The number of halogens is 4. The minimum atomic E-state index is -4.31. The van der Waals surface area contributed by atoms with Crippen molar-refractivity contribution >= 4 is 10.0 Å². The van der Waals surface area contributed by atoms with E-state index in [0.29, 0.717) is 38.9 Å². The van der Waals surface area contributed by atoms with Crippen LogP contribution in [0.15, 0.2) is 29.2 Å². The number of ether oxygens (including phenoxy) is 1. The van der Waals surface area contributed by atoms with Gasteiger partial charge in [-0.1, -0.05) is 0 Å². The second-order valence-electron chi connectivity index (χ2n) is 6.21. The van der Waals surface area contributed by atoms with Gasteiger partial charge in [-0.05, 0) is 56.6 Å². The minimum absolute atomic E-state index is 0.0168. The van der Waals surface area contributed by atoms with Crippen molar-refractivity contribution in [3.8, 4) is 0 Å². The second kappa shape index (κ2) is 9.12. The summed E-state index contributed by atoms with van der Waals surface area (Å²) in [7, 11) is -3.69. The molecule has 1 aromatic carbocycles. The molecule has 0 aliphatic carbocycles. The summed E-state index contributed by atoms with van der Waals surface area (Å²) in [6, 6.07) is 4.40. The summed E-state index contributed by atoms with van der Waals surface area (Å²) in [6.07, 6.45) is -2.62. The van der Waals surface area contributed by atoms with E-state index >= 15 is 0 Å². The van der Waals surface area contributed by atoms with E-state index in [2.05, 4.69) is 14.4 Å². The van der Waals surface area contributed by atoms with E-state index in [-0.39, 0.29) is 17.5 Å². The van der Waals surface area contributed by atoms with Crippen molar-refractivity contribution in [3.63, 3.8) is 0 Å². The van der Waals surface area contributed by atoms with Gasteiger partial charge in [0.2, 0.25) is 10.0 Å². The first-order valence-corrected chi connectivity index (χ1v) is 9.79. The molecular formula is C16H22F4N2O3S. The Kier molecular flexibility index (Phi) is 7.39. The first kappa shape index (κ1) is 21.1. The van der Waals surface area contributed by atoms with Gasteiger partial charge in [0.25, 0.3) is 0 Å². The third-order valence-electron chi connectivity index (χ3n) is 4.06. The maximum atomic E-state index is 12.9. The monoisotopic (exact) mass is 398 g/mol. The van der Waals surface area contributed by atoms with Crippen LogP contribution in [0.5, 0.6) is 0 Å². The van der Waals surface area contributed by atoms with Crippen LogP contribution < -0.4 is 4.72 Å². The number of rotatable bonds is 8. The smallest absolute Gasteiger partial charge is 0.372 e. The summed E-state index contributed by atoms with van der Waals surface area (Å²) in [4.78, 5) is 2.09. The molecule has 1 aromatic rings. The van der Waals surface area contributed by atoms with Crippen molar-refractivity contribution in [3.05, 3.63) is 30.1 Å². The summed E-state index contributed by atoms with van der Waals surface area (Å²) < 4.78 is 80.5. The summed E-state index contributed by atoms with van der Waals surface area (Å²) in [5.74, 6) is -0.503. The van der Waals surface area contributed by atoms with Gasteiger partial charge in [0.05, 0.1) is 4.90 Å². The van der Waals surface area contributed by atoms with Gasteiger partial charge in [-0.2, -0.15) is 13.2 Å². The van der Waals surface area contributed by atoms with Crippen LogP contribution in [0.4, 0.5) is 17.6 Å². The second-order valence-corrected chi connectivity index (χ2v) is 7.93. The molecule has 0 bridgehead atoms. The highest BCUT2D eigenvalue weighted by atomic mass is 32.2. The lowest BCUT2D eigenvalue weighted by atomic mass is 10.1. The lowest BCUT2D eigenvalue weighted by Crippen LogP contribution is -2.44. The Hall–Kier alpha value is -1.23. The molecule has 10 heteroatoms. The first-order chi connectivity index (χ1) is 12.2. The summed E-state index contributed by atoms with van der Waals surface area (Å²) >= 11 is 0. The maximum Gasteiger partial charge on any atom is 0.411 e. The predicted molar refractivity (Wildman–Crippen MR) is 87.7 cm³/mol. The number of benzene rings is 1. The molecule has 148 valence electrons. The maximum absolute atomic E-state index is 12.9. The SMILES string of the molecule is O=S(=O)(NC1CCN(CCCOCC(F)(F)F)CC1)c1ccc(F)cc1. The Morgan fingerprint density at radius 2 is 1.77 bits per heavy atom. The summed E-state index contributed by atoms with van der Waals surface area (Å²) in [5.41, 5.74) is 0. The molecule has 0 spiro atoms. The number of hydrogen-bond acceptors (Lipinski definition) is 4. The van der Waals surface area contributed by atoms with E-state index in [0.717, 1.165) is 12.1 Å². The number of piperidine rings is 1. The van der Waals surface area contributed by atoms with Gasteiger partial charge in [-0.3, -0.25) is 0 Å². The molecule has 5 nitrogen and oxygen atoms in total. The largest absolute Gasteiger partial charge is 0.411 e. The van der Waals surface area contributed by atoms with Crippen LogP contribution in [0.2, 0.25) is 0 Å². The van der Waals surface area contributed by atoms with Crippen molar-refractivity contribution in [1.29, 1.82) is 0 Å².